The SMILES string of the molecule is CC1(C(=O)O)COC(c2nc(-c3ccc(F)cc3)c(-c3ccnc(NCC#N)n3)[nH]2)OC1.CN(C)C=O. The molecule has 3 heterocycles. The average Bonchev–Trinajstić information content (AvgIpc) is 3.34. The molecular weight excluding hydrogens is 485 g/mol. The molecule has 0 radical (unpaired) electrons. The number of aromatic nitrogens is 4. The largest absolute Gasteiger partial charge is 0.481 e. The van der Waals surface area contributed by atoms with E-state index in [1.165, 1.54) is 23.2 Å². The fourth-order valence-corrected chi connectivity index (χ4v) is 3.10. The predicted octanol–water partition coefficient (Wildman–Crippen LogP) is 2.45. The molecule has 1 fully saturated rings. The van der Waals surface area contributed by atoms with Crippen molar-refractivity contribution in [3.8, 4) is 28.7 Å². The molecule has 194 valence electrons. The molecule has 4 rings (SSSR count). The van der Waals surface area contributed by atoms with Gasteiger partial charge in [-0.25, -0.2) is 19.3 Å². The molecule has 2 aromatic heterocycles. The molecule has 1 aromatic carbocycles. The number of nitriles is 1. The highest BCUT2D eigenvalue weighted by molar-refractivity contribution is 5.77. The second kappa shape index (κ2) is 12.0. The monoisotopic (exact) mass is 511 g/mol. The predicted molar refractivity (Wildman–Crippen MR) is 129 cm³/mol. The first-order valence-corrected chi connectivity index (χ1v) is 11.0. The number of benzene rings is 1. The number of aromatic amines is 1. The van der Waals surface area contributed by atoms with Crippen molar-refractivity contribution < 1.29 is 28.6 Å². The van der Waals surface area contributed by atoms with Crippen LogP contribution in [-0.4, -0.2) is 76.2 Å². The normalized spacial score (nSPS) is 18.6. The molecule has 1 amide bonds. The van der Waals surface area contributed by atoms with Crippen LogP contribution in [0.4, 0.5) is 10.3 Å². The Bertz CT molecular complexity index is 1270. The van der Waals surface area contributed by atoms with Crippen molar-refractivity contribution in [1.29, 1.82) is 5.26 Å². The number of imidazole rings is 1. The Hall–Kier alpha value is -4.41. The smallest absolute Gasteiger partial charge is 0.314 e. The van der Waals surface area contributed by atoms with Crippen LogP contribution < -0.4 is 5.32 Å². The molecule has 1 aliphatic rings. The minimum absolute atomic E-state index is 0.0363. The van der Waals surface area contributed by atoms with E-state index in [1.807, 2.05) is 6.07 Å². The zero-order valence-corrected chi connectivity index (χ0v) is 20.4. The van der Waals surface area contributed by atoms with Gasteiger partial charge in [0.1, 0.15) is 17.8 Å². The molecule has 0 unspecified atom stereocenters. The summed E-state index contributed by atoms with van der Waals surface area (Å²) in [4.78, 5) is 38.5. The van der Waals surface area contributed by atoms with E-state index in [1.54, 1.807) is 39.2 Å². The molecule has 0 bridgehead atoms. The zero-order chi connectivity index (χ0) is 27.0. The molecule has 12 nitrogen and oxygen atoms in total. The Kier molecular flexibility index (Phi) is 8.83. The highest BCUT2D eigenvalue weighted by Crippen LogP contribution is 2.35. The standard InChI is InChI=1S/C21H19FN6O4.C3H7NO/c1-21(19(29)30)10-31-18(32-11-21)17-27-15(12-2-4-13(22)5-3-12)16(28-17)14-6-8-24-20(26-14)25-9-7-23;1-4(2)3-5/h2-6,8,18H,9-11H2,1H3,(H,27,28)(H,29,30)(H,24,25,26);3H,1-2H3. The molecule has 0 saturated carbocycles. The van der Waals surface area contributed by atoms with Crippen LogP contribution in [0.25, 0.3) is 22.6 Å². The lowest BCUT2D eigenvalue weighted by Gasteiger charge is -2.33. The Balaban J connectivity index is 0.000000695. The molecule has 0 atom stereocenters. The maximum absolute atomic E-state index is 13.5. The number of H-pyrrole nitrogens is 1. The fraction of sp³-hybridized carbons (Fsp3) is 0.333. The first-order valence-electron chi connectivity index (χ1n) is 11.0. The first-order chi connectivity index (χ1) is 17.7. The number of carbonyl (C=O) groups excluding carboxylic acids is 1. The van der Waals surface area contributed by atoms with Crippen LogP contribution >= 0.6 is 0 Å². The number of aliphatic carboxylic acids is 1. The van der Waals surface area contributed by atoms with E-state index in [2.05, 4.69) is 25.3 Å². The zero-order valence-electron chi connectivity index (χ0n) is 20.4. The van der Waals surface area contributed by atoms with Gasteiger partial charge in [-0.2, -0.15) is 5.26 Å². The minimum atomic E-state index is -1.15. The van der Waals surface area contributed by atoms with Crippen LogP contribution in [0.1, 0.15) is 19.0 Å². The Morgan fingerprint density at radius 1 is 1.30 bits per heavy atom. The van der Waals surface area contributed by atoms with Crippen LogP contribution in [0.15, 0.2) is 36.5 Å². The molecular formula is C24H26FN7O5. The third-order valence-corrected chi connectivity index (χ3v) is 5.13. The van der Waals surface area contributed by atoms with E-state index in [0.29, 0.717) is 28.5 Å². The lowest BCUT2D eigenvalue weighted by atomic mass is 9.92. The summed E-state index contributed by atoms with van der Waals surface area (Å²) in [7, 11) is 3.38. The van der Waals surface area contributed by atoms with Gasteiger partial charge in [0.15, 0.2) is 5.82 Å². The number of hydrogen-bond donors (Lipinski definition) is 3. The van der Waals surface area contributed by atoms with E-state index in [4.69, 9.17) is 14.7 Å². The number of rotatable bonds is 7. The molecule has 1 aliphatic heterocycles. The molecule has 13 heteroatoms. The summed E-state index contributed by atoms with van der Waals surface area (Å²) in [6.45, 7) is 1.48. The van der Waals surface area contributed by atoms with Crippen molar-refractivity contribution in [3.63, 3.8) is 0 Å². The number of halogens is 1. The molecule has 37 heavy (non-hydrogen) atoms. The van der Waals surface area contributed by atoms with Crippen LogP contribution in [0.2, 0.25) is 0 Å². The molecule has 3 N–H and O–H groups in total. The minimum Gasteiger partial charge on any atom is -0.481 e. The number of ether oxygens (including phenoxy) is 2. The second-order valence-electron chi connectivity index (χ2n) is 8.52. The molecule has 0 spiro atoms. The summed E-state index contributed by atoms with van der Waals surface area (Å²) in [5.41, 5.74) is 0.932. The number of carboxylic acid groups (broad SMARTS) is 1. The lowest BCUT2D eigenvalue weighted by molar-refractivity contribution is -0.236. The van der Waals surface area contributed by atoms with E-state index in [0.717, 1.165) is 6.41 Å². The Labute approximate surface area is 212 Å². The summed E-state index contributed by atoms with van der Waals surface area (Å²) < 4.78 is 24.7. The van der Waals surface area contributed by atoms with Gasteiger partial charge in [-0.1, -0.05) is 0 Å². The van der Waals surface area contributed by atoms with Gasteiger partial charge in [0, 0.05) is 25.9 Å². The van der Waals surface area contributed by atoms with Crippen molar-refractivity contribution in [1.82, 2.24) is 24.8 Å². The third-order valence-electron chi connectivity index (χ3n) is 5.13. The highest BCUT2D eigenvalue weighted by atomic mass is 19.1. The topological polar surface area (TPSA) is 166 Å². The van der Waals surface area contributed by atoms with E-state index in [-0.39, 0.29) is 31.5 Å². The van der Waals surface area contributed by atoms with Gasteiger partial charge in [0.05, 0.1) is 36.4 Å². The van der Waals surface area contributed by atoms with Crippen LogP contribution in [0.5, 0.6) is 0 Å². The first kappa shape index (κ1) is 27.2. The summed E-state index contributed by atoms with van der Waals surface area (Å²) in [5, 5.41) is 20.9. The lowest BCUT2D eigenvalue weighted by Crippen LogP contribution is -2.42. The average molecular weight is 512 g/mol. The maximum Gasteiger partial charge on any atom is 0.314 e. The number of anilines is 1. The summed E-state index contributed by atoms with van der Waals surface area (Å²) >= 11 is 0. The number of hydrogen-bond acceptors (Lipinski definition) is 9. The van der Waals surface area contributed by atoms with Crippen molar-refractivity contribution in [2.45, 2.75) is 13.2 Å². The van der Waals surface area contributed by atoms with Crippen molar-refractivity contribution in [2.24, 2.45) is 5.41 Å². The van der Waals surface area contributed by atoms with Crippen molar-refractivity contribution >= 4 is 18.3 Å². The number of carbonyl (C=O) groups is 2. The number of carboxylic acids is 1. The van der Waals surface area contributed by atoms with Crippen LogP contribution in [0, 0.1) is 22.6 Å². The maximum atomic E-state index is 13.5. The molecule has 1 saturated heterocycles. The van der Waals surface area contributed by atoms with Crippen LogP contribution in [0.3, 0.4) is 0 Å². The van der Waals surface area contributed by atoms with Crippen molar-refractivity contribution in [2.75, 3.05) is 39.2 Å². The van der Waals surface area contributed by atoms with E-state index >= 15 is 0 Å². The molecule has 3 aromatic rings. The number of amides is 1. The molecule has 0 aliphatic carbocycles. The van der Waals surface area contributed by atoms with Gasteiger partial charge in [0.2, 0.25) is 18.6 Å². The number of nitrogens with one attached hydrogen (secondary N) is 2. The van der Waals surface area contributed by atoms with Crippen molar-refractivity contribution in [3.05, 3.63) is 48.2 Å². The van der Waals surface area contributed by atoms with Crippen LogP contribution in [-0.2, 0) is 19.1 Å². The highest BCUT2D eigenvalue weighted by Gasteiger charge is 2.41. The van der Waals surface area contributed by atoms with Gasteiger partial charge in [-0.15, -0.1) is 0 Å². The summed E-state index contributed by atoms with van der Waals surface area (Å²) in [6, 6.07) is 9.42. The second-order valence-corrected chi connectivity index (χ2v) is 8.52. The van der Waals surface area contributed by atoms with E-state index in [9.17, 15) is 19.1 Å². The quantitative estimate of drug-likeness (QED) is 0.317. The van der Waals surface area contributed by atoms with Gasteiger partial charge in [0.25, 0.3) is 0 Å². The van der Waals surface area contributed by atoms with Gasteiger partial charge in [-0.05, 0) is 37.3 Å². The Morgan fingerprint density at radius 3 is 2.51 bits per heavy atom. The van der Waals surface area contributed by atoms with Gasteiger partial charge < -0.3 is 29.8 Å². The Morgan fingerprint density at radius 2 is 1.95 bits per heavy atom. The number of nitrogens with zero attached hydrogens (tertiary/aromatic N) is 5. The van der Waals surface area contributed by atoms with E-state index < -0.39 is 17.7 Å². The fourth-order valence-electron chi connectivity index (χ4n) is 3.10. The third kappa shape index (κ3) is 6.84. The van der Waals surface area contributed by atoms with Gasteiger partial charge >= 0.3 is 5.97 Å². The summed E-state index contributed by atoms with van der Waals surface area (Å²) in [6.07, 6.45) is 1.37. The summed E-state index contributed by atoms with van der Waals surface area (Å²) in [5.74, 6) is -0.825. The van der Waals surface area contributed by atoms with Gasteiger partial charge in [-0.3, -0.25) is 9.59 Å².